The summed E-state index contributed by atoms with van der Waals surface area (Å²) in [5.41, 5.74) is 1.00. The molecule has 0 aromatic rings. The van der Waals surface area contributed by atoms with Gasteiger partial charge in [-0.2, -0.15) is 0 Å². The Hall–Kier alpha value is -1.62. The molecule has 18 heavy (non-hydrogen) atoms. The zero-order valence-corrected chi connectivity index (χ0v) is 10.3. The van der Waals surface area contributed by atoms with Gasteiger partial charge in [-0.25, -0.2) is 0 Å². The standard InChI is InChI=1S/C13H18N2O3/c16-12-5-3-4-11(10-14-8-1-2-9-14)13(7-6-12)15(17)18/h5-7,16H,1-4,8-10H2/b7-6-,12-5+,13-11-. The molecule has 0 atom stereocenters. The van der Waals surface area contributed by atoms with Crippen LogP contribution in [0.2, 0.25) is 0 Å². The lowest BCUT2D eigenvalue weighted by atomic mass is 10.0. The first-order valence-electron chi connectivity index (χ1n) is 6.33. The third-order valence-corrected chi connectivity index (χ3v) is 3.38. The van der Waals surface area contributed by atoms with Gasteiger partial charge in [0.2, 0.25) is 0 Å². The van der Waals surface area contributed by atoms with Crippen LogP contribution in [0.15, 0.2) is 35.3 Å². The van der Waals surface area contributed by atoms with Crippen LogP contribution >= 0.6 is 0 Å². The molecule has 0 amide bonds. The zero-order valence-electron chi connectivity index (χ0n) is 10.3. The molecule has 0 radical (unpaired) electrons. The van der Waals surface area contributed by atoms with Gasteiger partial charge in [0.1, 0.15) is 5.76 Å². The van der Waals surface area contributed by atoms with Crippen molar-refractivity contribution in [2.75, 3.05) is 19.6 Å². The van der Waals surface area contributed by atoms with E-state index in [4.69, 9.17) is 0 Å². The van der Waals surface area contributed by atoms with E-state index >= 15 is 0 Å². The zero-order chi connectivity index (χ0) is 13.0. The van der Waals surface area contributed by atoms with E-state index in [1.807, 2.05) is 0 Å². The third kappa shape index (κ3) is 3.20. The molecule has 1 fully saturated rings. The molecule has 0 bridgehead atoms. The van der Waals surface area contributed by atoms with Gasteiger partial charge in [0.05, 0.1) is 4.92 Å². The SMILES string of the molecule is O=[N+]([O-])C1=C(\CN2CCCC2)CC\C=C(O)/C=C\1. The monoisotopic (exact) mass is 250 g/mol. The minimum Gasteiger partial charge on any atom is -0.508 e. The van der Waals surface area contributed by atoms with Gasteiger partial charge in [-0.3, -0.25) is 15.0 Å². The molecule has 1 N–H and O–H groups in total. The molecule has 2 rings (SSSR count). The largest absolute Gasteiger partial charge is 0.508 e. The van der Waals surface area contributed by atoms with Crippen LogP contribution in [0.1, 0.15) is 25.7 Å². The van der Waals surface area contributed by atoms with E-state index in [1.165, 1.54) is 25.0 Å². The first kappa shape index (κ1) is 12.8. The summed E-state index contributed by atoms with van der Waals surface area (Å²) in [7, 11) is 0. The van der Waals surface area contributed by atoms with E-state index in [0.717, 1.165) is 18.7 Å². The Kier molecular flexibility index (Phi) is 4.15. The van der Waals surface area contributed by atoms with Gasteiger partial charge in [-0.15, -0.1) is 0 Å². The van der Waals surface area contributed by atoms with Gasteiger partial charge in [0, 0.05) is 18.2 Å². The Morgan fingerprint density at radius 2 is 2.06 bits per heavy atom. The van der Waals surface area contributed by atoms with Gasteiger partial charge >= 0.3 is 0 Å². The fraction of sp³-hybridized carbons (Fsp3) is 0.538. The molecule has 2 aliphatic rings. The topological polar surface area (TPSA) is 66.6 Å². The van der Waals surface area contributed by atoms with E-state index in [9.17, 15) is 15.2 Å². The highest BCUT2D eigenvalue weighted by Crippen LogP contribution is 2.21. The smallest absolute Gasteiger partial charge is 0.270 e. The number of aliphatic hydroxyl groups excluding tert-OH is 1. The van der Waals surface area contributed by atoms with Crippen molar-refractivity contribution in [1.82, 2.24) is 4.90 Å². The predicted octanol–water partition coefficient (Wildman–Crippen LogP) is 2.40. The second kappa shape index (κ2) is 5.82. The summed E-state index contributed by atoms with van der Waals surface area (Å²) in [6, 6.07) is 0. The Bertz CT molecular complexity index is 418. The fourth-order valence-electron chi connectivity index (χ4n) is 2.43. The van der Waals surface area contributed by atoms with Crippen LogP contribution in [0, 0.1) is 10.1 Å². The number of hydrogen-bond acceptors (Lipinski definition) is 4. The van der Waals surface area contributed by atoms with Gasteiger partial charge in [0.25, 0.3) is 5.70 Å². The Morgan fingerprint density at radius 1 is 1.33 bits per heavy atom. The summed E-state index contributed by atoms with van der Waals surface area (Å²) < 4.78 is 0. The lowest BCUT2D eigenvalue weighted by molar-refractivity contribution is -0.420. The summed E-state index contributed by atoms with van der Waals surface area (Å²) in [6.45, 7) is 2.73. The van der Waals surface area contributed by atoms with Crippen LogP contribution < -0.4 is 0 Å². The second-order valence-electron chi connectivity index (χ2n) is 4.73. The lowest BCUT2D eigenvalue weighted by Gasteiger charge is -2.17. The predicted molar refractivity (Wildman–Crippen MR) is 68.8 cm³/mol. The van der Waals surface area contributed by atoms with Crippen LogP contribution in [0.25, 0.3) is 0 Å². The van der Waals surface area contributed by atoms with Crippen LogP contribution in [-0.4, -0.2) is 34.6 Å². The van der Waals surface area contributed by atoms with Crippen molar-refractivity contribution in [2.45, 2.75) is 25.7 Å². The Labute approximate surface area is 106 Å². The van der Waals surface area contributed by atoms with Crippen molar-refractivity contribution in [3.05, 3.63) is 45.4 Å². The highest BCUT2D eigenvalue weighted by Gasteiger charge is 2.21. The fourth-order valence-corrected chi connectivity index (χ4v) is 2.43. The molecule has 1 heterocycles. The maximum Gasteiger partial charge on any atom is 0.270 e. The molecular formula is C13H18N2O3. The van der Waals surface area contributed by atoms with E-state index in [-0.39, 0.29) is 16.4 Å². The number of nitrogens with zero attached hydrogens (tertiary/aromatic N) is 2. The Balaban J connectivity index is 2.20. The quantitative estimate of drug-likeness (QED) is 0.617. The van der Waals surface area contributed by atoms with E-state index in [1.54, 1.807) is 6.08 Å². The van der Waals surface area contributed by atoms with Crippen LogP contribution in [0.4, 0.5) is 0 Å². The number of hydrogen-bond donors (Lipinski definition) is 1. The summed E-state index contributed by atoms with van der Waals surface area (Å²) >= 11 is 0. The van der Waals surface area contributed by atoms with E-state index in [2.05, 4.69) is 4.90 Å². The average Bonchev–Trinajstić information content (AvgIpc) is 2.78. The molecule has 98 valence electrons. The van der Waals surface area contributed by atoms with Crippen molar-refractivity contribution in [3.8, 4) is 0 Å². The molecule has 0 saturated carbocycles. The molecule has 0 aromatic carbocycles. The minimum atomic E-state index is -0.347. The average molecular weight is 250 g/mol. The molecule has 0 unspecified atom stereocenters. The summed E-state index contributed by atoms with van der Waals surface area (Å²) in [6.07, 6.45) is 8.17. The van der Waals surface area contributed by atoms with Crippen LogP contribution in [0.3, 0.4) is 0 Å². The minimum absolute atomic E-state index is 0.106. The van der Waals surface area contributed by atoms with E-state index in [0.29, 0.717) is 19.4 Å². The van der Waals surface area contributed by atoms with Crippen molar-refractivity contribution >= 4 is 0 Å². The molecule has 0 aromatic heterocycles. The molecule has 1 aliphatic heterocycles. The number of nitro groups is 1. The molecule has 5 nitrogen and oxygen atoms in total. The molecule has 1 aliphatic carbocycles. The van der Waals surface area contributed by atoms with Gasteiger partial charge in [-0.1, -0.05) is 0 Å². The van der Waals surface area contributed by atoms with Crippen molar-refractivity contribution in [2.24, 2.45) is 0 Å². The van der Waals surface area contributed by atoms with Gasteiger partial charge in [-0.05, 0) is 50.9 Å². The van der Waals surface area contributed by atoms with Crippen molar-refractivity contribution < 1.29 is 10.0 Å². The van der Waals surface area contributed by atoms with Crippen molar-refractivity contribution in [3.63, 3.8) is 0 Å². The first-order chi connectivity index (χ1) is 8.66. The first-order valence-corrected chi connectivity index (χ1v) is 6.33. The Morgan fingerprint density at radius 3 is 2.72 bits per heavy atom. The van der Waals surface area contributed by atoms with Crippen LogP contribution in [-0.2, 0) is 0 Å². The second-order valence-corrected chi connectivity index (χ2v) is 4.73. The number of aliphatic hydroxyl groups is 1. The molecule has 0 spiro atoms. The lowest BCUT2D eigenvalue weighted by Crippen LogP contribution is -2.23. The van der Waals surface area contributed by atoms with Crippen LogP contribution in [0.5, 0.6) is 0 Å². The molecule has 1 saturated heterocycles. The molecular weight excluding hydrogens is 232 g/mol. The highest BCUT2D eigenvalue weighted by atomic mass is 16.6. The van der Waals surface area contributed by atoms with Gasteiger partial charge < -0.3 is 5.11 Å². The highest BCUT2D eigenvalue weighted by molar-refractivity contribution is 5.28. The van der Waals surface area contributed by atoms with E-state index < -0.39 is 0 Å². The summed E-state index contributed by atoms with van der Waals surface area (Å²) in [4.78, 5) is 13.0. The maximum atomic E-state index is 11.1. The summed E-state index contributed by atoms with van der Waals surface area (Å²) in [5, 5.41) is 20.5. The molecule has 5 heteroatoms. The van der Waals surface area contributed by atoms with Gasteiger partial charge in [0.15, 0.2) is 0 Å². The third-order valence-electron chi connectivity index (χ3n) is 3.38. The number of rotatable bonds is 3. The van der Waals surface area contributed by atoms with Crippen molar-refractivity contribution in [1.29, 1.82) is 0 Å². The number of allylic oxidation sites excluding steroid dienone is 3. The number of likely N-dealkylation sites (tertiary alicyclic amines) is 1. The summed E-state index contributed by atoms with van der Waals surface area (Å²) in [5.74, 6) is 0.106. The maximum absolute atomic E-state index is 11.1. The normalized spacial score (nSPS) is 30.3.